The van der Waals surface area contributed by atoms with E-state index in [4.69, 9.17) is 0 Å². The molecule has 23 heavy (non-hydrogen) atoms. The van der Waals surface area contributed by atoms with Crippen LogP contribution in [0.3, 0.4) is 0 Å². The standard InChI is InChI=1S/C18H23N3O2/c22-17-8-4-7-16-14-9-13(11-21(16)17)10-20(12-14)18(23)19-15-5-2-1-3-6-15/h1-3,5-6,13-14,16H,4,7-12H2,(H,19,23). The molecule has 3 heterocycles. The Balaban J connectivity index is 1.45. The molecule has 4 rings (SSSR count). The SMILES string of the molecule is O=C(Nc1ccccc1)N1CC2CC(C1)C1CCCC(=O)N1C2. The summed E-state index contributed by atoms with van der Waals surface area (Å²) in [6, 6.07) is 9.93. The van der Waals surface area contributed by atoms with Gasteiger partial charge in [0, 0.05) is 37.8 Å². The van der Waals surface area contributed by atoms with Crippen molar-refractivity contribution in [2.24, 2.45) is 11.8 Å². The van der Waals surface area contributed by atoms with Crippen molar-refractivity contribution in [3.8, 4) is 0 Å². The molecule has 1 N–H and O–H groups in total. The number of carbonyl (C=O) groups is 2. The molecule has 0 saturated carbocycles. The van der Waals surface area contributed by atoms with Crippen LogP contribution >= 0.6 is 0 Å². The Labute approximate surface area is 136 Å². The molecule has 122 valence electrons. The monoisotopic (exact) mass is 313 g/mol. The maximum absolute atomic E-state index is 12.6. The van der Waals surface area contributed by atoms with Crippen molar-refractivity contribution < 1.29 is 9.59 Å². The number of urea groups is 1. The topological polar surface area (TPSA) is 52.7 Å². The third-order valence-electron chi connectivity index (χ3n) is 5.49. The van der Waals surface area contributed by atoms with Crippen LogP contribution in [0.2, 0.25) is 0 Å². The van der Waals surface area contributed by atoms with E-state index in [2.05, 4.69) is 10.2 Å². The lowest BCUT2D eigenvalue weighted by Crippen LogP contribution is -2.61. The average Bonchev–Trinajstić information content (AvgIpc) is 2.57. The molecule has 2 bridgehead atoms. The maximum atomic E-state index is 12.6. The summed E-state index contributed by atoms with van der Waals surface area (Å²) in [4.78, 5) is 28.8. The Morgan fingerprint density at radius 2 is 1.96 bits per heavy atom. The molecule has 3 saturated heterocycles. The number of likely N-dealkylation sites (tertiary alicyclic amines) is 1. The van der Waals surface area contributed by atoms with E-state index in [0.717, 1.165) is 44.6 Å². The minimum absolute atomic E-state index is 0.0125. The van der Waals surface area contributed by atoms with Gasteiger partial charge in [-0.15, -0.1) is 0 Å². The number of fused-ring (bicyclic) bond motifs is 4. The number of benzene rings is 1. The molecule has 1 aromatic carbocycles. The van der Waals surface area contributed by atoms with Gasteiger partial charge in [0.15, 0.2) is 0 Å². The van der Waals surface area contributed by atoms with Gasteiger partial charge in [0.1, 0.15) is 0 Å². The molecule has 3 aliphatic rings. The molecule has 0 aliphatic carbocycles. The van der Waals surface area contributed by atoms with Crippen molar-refractivity contribution >= 4 is 17.6 Å². The Bertz CT molecular complexity index is 604. The minimum Gasteiger partial charge on any atom is -0.339 e. The zero-order chi connectivity index (χ0) is 15.8. The Morgan fingerprint density at radius 1 is 1.13 bits per heavy atom. The quantitative estimate of drug-likeness (QED) is 0.866. The normalized spacial score (nSPS) is 29.9. The zero-order valence-electron chi connectivity index (χ0n) is 13.3. The smallest absolute Gasteiger partial charge is 0.321 e. The highest BCUT2D eigenvalue weighted by atomic mass is 16.2. The van der Waals surface area contributed by atoms with Crippen molar-refractivity contribution in [1.82, 2.24) is 9.80 Å². The highest BCUT2D eigenvalue weighted by Gasteiger charge is 2.44. The van der Waals surface area contributed by atoms with Crippen LogP contribution in [0.1, 0.15) is 25.7 Å². The number of anilines is 1. The number of rotatable bonds is 1. The lowest BCUT2D eigenvalue weighted by molar-refractivity contribution is -0.144. The van der Waals surface area contributed by atoms with Crippen LogP contribution < -0.4 is 5.32 Å². The molecule has 3 atom stereocenters. The van der Waals surface area contributed by atoms with Crippen LogP contribution in [-0.2, 0) is 4.79 Å². The maximum Gasteiger partial charge on any atom is 0.321 e. The van der Waals surface area contributed by atoms with Gasteiger partial charge in [-0.1, -0.05) is 18.2 Å². The Morgan fingerprint density at radius 3 is 2.78 bits per heavy atom. The Hall–Kier alpha value is -2.04. The number of hydrogen-bond acceptors (Lipinski definition) is 2. The lowest BCUT2D eigenvalue weighted by atomic mass is 9.76. The summed E-state index contributed by atoms with van der Waals surface area (Å²) in [6.45, 7) is 2.35. The average molecular weight is 313 g/mol. The molecule has 0 radical (unpaired) electrons. The van der Waals surface area contributed by atoms with Gasteiger partial charge in [0.05, 0.1) is 0 Å². The molecule has 3 unspecified atom stereocenters. The number of hydrogen-bond donors (Lipinski definition) is 1. The van der Waals surface area contributed by atoms with Crippen molar-refractivity contribution in [2.75, 3.05) is 25.0 Å². The lowest BCUT2D eigenvalue weighted by Gasteiger charge is -2.52. The highest BCUT2D eigenvalue weighted by Crippen LogP contribution is 2.37. The molecule has 0 aromatic heterocycles. The first-order chi connectivity index (χ1) is 11.2. The van der Waals surface area contributed by atoms with E-state index in [-0.39, 0.29) is 6.03 Å². The second-order valence-electron chi connectivity index (χ2n) is 7.07. The van der Waals surface area contributed by atoms with Crippen LogP contribution in [0, 0.1) is 11.8 Å². The number of amides is 3. The summed E-state index contributed by atoms with van der Waals surface area (Å²) in [5.74, 6) is 1.18. The summed E-state index contributed by atoms with van der Waals surface area (Å²) >= 11 is 0. The highest BCUT2D eigenvalue weighted by molar-refractivity contribution is 5.89. The predicted molar refractivity (Wildman–Crippen MR) is 88.0 cm³/mol. The van der Waals surface area contributed by atoms with E-state index in [9.17, 15) is 9.59 Å². The molecular formula is C18H23N3O2. The third kappa shape index (κ3) is 2.80. The van der Waals surface area contributed by atoms with E-state index in [0.29, 0.717) is 30.2 Å². The van der Waals surface area contributed by atoms with Crippen molar-refractivity contribution in [1.29, 1.82) is 0 Å². The number of carbonyl (C=O) groups excluding carboxylic acids is 2. The number of para-hydroxylation sites is 1. The fraction of sp³-hybridized carbons (Fsp3) is 0.556. The molecule has 5 nitrogen and oxygen atoms in total. The van der Waals surface area contributed by atoms with Gasteiger partial charge < -0.3 is 15.1 Å². The summed E-state index contributed by atoms with van der Waals surface area (Å²) in [5.41, 5.74) is 0.836. The van der Waals surface area contributed by atoms with Crippen LogP contribution in [0.25, 0.3) is 0 Å². The van der Waals surface area contributed by atoms with Gasteiger partial charge >= 0.3 is 6.03 Å². The molecule has 3 aliphatic heterocycles. The molecule has 1 aromatic rings. The second kappa shape index (κ2) is 5.87. The third-order valence-corrected chi connectivity index (χ3v) is 5.49. The van der Waals surface area contributed by atoms with Gasteiger partial charge in [-0.3, -0.25) is 4.79 Å². The van der Waals surface area contributed by atoms with E-state index >= 15 is 0 Å². The van der Waals surface area contributed by atoms with Gasteiger partial charge in [-0.25, -0.2) is 4.79 Å². The molecule has 5 heteroatoms. The van der Waals surface area contributed by atoms with E-state index < -0.39 is 0 Å². The second-order valence-corrected chi connectivity index (χ2v) is 7.07. The number of nitrogens with zero attached hydrogens (tertiary/aromatic N) is 2. The van der Waals surface area contributed by atoms with Crippen LogP contribution in [0.5, 0.6) is 0 Å². The minimum atomic E-state index is -0.0125. The summed E-state index contributed by atoms with van der Waals surface area (Å²) < 4.78 is 0. The van der Waals surface area contributed by atoms with Gasteiger partial charge in [0.2, 0.25) is 5.91 Å². The van der Waals surface area contributed by atoms with Crippen LogP contribution in [0.4, 0.5) is 10.5 Å². The molecular weight excluding hydrogens is 290 g/mol. The predicted octanol–water partition coefficient (Wildman–Crippen LogP) is 2.55. The van der Waals surface area contributed by atoms with Crippen molar-refractivity contribution in [3.63, 3.8) is 0 Å². The first kappa shape index (κ1) is 14.5. The summed E-state index contributed by atoms with van der Waals surface area (Å²) in [5, 5.41) is 2.99. The van der Waals surface area contributed by atoms with Crippen LogP contribution in [-0.4, -0.2) is 47.4 Å². The van der Waals surface area contributed by atoms with Crippen LogP contribution in [0.15, 0.2) is 30.3 Å². The largest absolute Gasteiger partial charge is 0.339 e. The first-order valence-electron chi connectivity index (χ1n) is 8.61. The van der Waals surface area contributed by atoms with Crippen molar-refractivity contribution in [2.45, 2.75) is 31.7 Å². The number of piperidine rings is 3. The first-order valence-corrected chi connectivity index (χ1v) is 8.61. The summed E-state index contributed by atoms with van der Waals surface area (Å²) in [7, 11) is 0. The molecule has 3 fully saturated rings. The molecule has 0 spiro atoms. The van der Waals surface area contributed by atoms with E-state index in [1.54, 1.807) is 0 Å². The fourth-order valence-electron chi connectivity index (χ4n) is 4.50. The Kier molecular flexibility index (Phi) is 3.71. The fourth-order valence-corrected chi connectivity index (χ4v) is 4.50. The van der Waals surface area contributed by atoms with E-state index in [1.165, 1.54) is 0 Å². The molecule has 3 amide bonds. The summed E-state index contributed by atoms with van der Waals surface area (Å²) in [6.07, 6.45) is 3.95. The van der Waals surface area contributed by atoms with E-state index in [1.807, 2.05) is 35.2 Å². The van der Waals surface area contributed by atoms with Crippen molar-refractivity contribution in [3.05, 3.63) is 30.3 Å². The zero-order valence-corrected chi connectivity index (χ0v) is 13.3. The van der Waals surface area contributed by atoms with Gasteiger partial charge in [-0.2, -0.15) is 0 Å². The van der Waals surface area contributed by atoms with Gasteiger partial charge in [0.25, 0.3) is 0 Å². The van der Waals surface area contributed by atoms with Gasteiger partial charge in [-0.05, 0) is 43.2 Å². The number of nitrogens with one attached hydrogen (secondary N) is 1.